The zero-order valence-electron chi connectivity index (χ0n) is 17.3. The van der Waals surface area contributed by atoms with Crippen LogP contribution in [0.1, 0.15) is 41.5 Å². The Bertz CT molecular complexity index is 1280. The molecule has 4 N–H and O–H groups in total. The topological polar surface area (TPSA) is 124 Å². The number of H-pyrrole nitrogens is 1. The minimum atomic E-state index is -0.418. The Labute approximate surface area is 186 Å². The van der Waals surface area contributed by atoms with E-state index in [4.69, 9.17) is 10.5 Å². The van der Waals surface area contributed by atoms with E-state index in [1.54, 1.807) is 28.5 Å². The highest BCUT2D eigenvalue weighted by Gasteiger charge is 2.26. The first-order valence-corrected chi connectivity index (χ1v) is 11.2. The van der Waals surface area contributed by atoms with Gasteiger partial charge < -0.3 is 15.8 Å². The predicted octanol–water partition coefficient (Wildman–Crippen LogP) is 3.38. The highest BCUT2D eigenvalue weighted by atomic mass is 32.1. The molecule has 0 radical (unpaired) electrons. The summed E-state index contributed by atoms with van der Waals surface area (Å²) in [5.41, 5.74) is 8.63. The number of thiazole rings is 1. The molecular weight excluding hydrogens is 433 g/mol. The van der Waals surface area contributed by atoms with Crippen molar-refractivity contribution in [2.24, 2.45) is 12.8 Å². The van der Waals surface area contributed by atoms with Gasteiger partial charge in [0.1, 0.15) is 22.6 Å². The number of halogens is 1. The Morgan fingerprint density at radius 2 is 2.22 bits per heavy atom. The van der Waals surface area contributed by atoms with Gasteiger partial charge in [0.15, 0.2) is 0 Å². The molecule has 0 aliphatic carbocycles. The summed E-state index contributed by atoms with van der Waals surface area (Å²) in [4.78, 5) is 17.3. The Morgan fingerprint density at radius 3 is 3.09 bits per heavy atom. The lowest BCUT2D eigenvalue weighted by molar-refractivity contribution is 0.0529. The molecule has 9 nitrogen and oxygen atoms in total. The molecular formula is C21H22FN7O2S. The highest BCUT2D eigenvalue weighted by Crippen LogP contribution is 2.33. The number of aromatic amines is 1. The molecule has 1 saturated heterocycles. The van der Waals surface area contributed by atoms with Gasteiger partial charge in [0.2, 0.25) is 0 Å². The average molecular weight is 456 g/mol. The van der Waals surface area contributed by atoms with Gasteiger partial charge in [-0.15, -0.1) is 11.3 Å². The number of hydrogen-bond donors (Lipinski definition) is 3. The molecule has 1 aliphatic heterocycles. The van der Waals surface area contributed by atoms with Gasteiger partial charge in [0.05, 0.1) is 29.3 Å². The lowest BCUT2D eigenvalue weighted by Crippen LogP contribution is -2.19. The van der Waals surface area contributed by atoms with E-state index in [0.717, 1.165) is 25.0 Å². The van der Waals surface area contributed by atoms with E-state index in [2.05, 4.69) is 25.6 Å². The molecule has 1 fully saturated rings. The molecule has 0 saturated carbocycles. The number of nitrogens with zero attached hydrogens (tertiary/aromatic N) is 4. The molecule has 1 aliphatic rings. The number of hydrogen-bond acceptors (Lipinski definition) is 7. The van der Waals surface area contributed by atoms with Crippen molar-refractivity contribution in [3.63, 3.8) is 0 Å². The lowest BCUT2D eigenvalue weighted by atomic mass is 10.1. The minimum absolute atomic E-state index is 0.112. The van der Waals surface area contributed by atoms with Gasteiger partial charge in [-0.25, -0.2) is 9.37 Å². The van der Waals surface area contributed by atoms with Crippen LogP contribution < -0.4 is 11.1 Å². The molecule has 4 aromatic rings. The van der Waals surface area contributed by atoms with Crippen LogP contribution in [0, 0.1) is 5.82 Å². The van der Waals surface area contributed by atoms with Gasteiger partial charge in [-0.1, -0.05) is 0 Å². The fraction of sp³-hybridized carbons (Fsp3) is 0.333. The average Bonchev–Trinajstić information content (AvgIpc) is 3.47. The number of carbonyl (C=O) groups is 1. The second-order valence-corrected chi connectivity index (χ2v) is 8.69. The highest BCUT2D eigenvalue weighted by molar-refractivity contribution is 7.13. The molecule has 11 heteroatoms. The van der Waals surface area contributed by atoms with Crippen molar-refractivity contribution in [1.82, 2.24) is 25.0 Å². The Balaban J connectivity index is 1.37. The summed E-state index contributed by atoms with van der Waals surface area (Å²) in [6.07, 6.45) is 5.34. The largest absolute Gasteiger partial charge is 0.372 e. The van der Waals surface area contributed by atoms with Crippen LogP contribution in [0.15, 0.2) is 29.9 Å². The predicted molar refractivity (Wildman–Crippen MR) is 119 cm³/mol. The SMILES string of the molecule is Cn1ncc(NC(=O)c2csc(-c3cc4[nH]ncc4cc3F)n2)c1[C@@H]1CC[C@@H](N)CCO1. The Morgan fingerprint density at radius 1 is 1.34 bits per heavy atom. The number of amides is 1. The van der Waals surface area contributed by atoms with Gasteiger partial charge in [-0.3, -0.25) is 14.6 Å². The zero-order valence-corrected chi connectivity index (χ0v) is 18.2. The number of aryl methyl sites for hydroxylation is 1. The third-order valence-electron chi connectivity index (χ3n) is 5.64. The molecule has 1 aromatic carbocycles. The summed E-state index contributed by atoms with van der Waals surface area (Å²) in [6.45, 7) is 0.562. The van der Waals surface area contributed by atoms with Crippen LogP contribution in [-0.2, 0) is 11.8 Å². The molecule has 1 amide bonds. The van der Waals surface area contributed by atoms with E-state index in [9.17, 15) is 9.18 Å². The van der Waals surface area contributed by atoms with Crippen LogP contribution in [0.4, 0.5) is 10.1 Å². The van der Waals surface area contributed by atoms with Crippen molar-refractivity contribution in [1.29, 1.82) is 0 Å². The summed E-state index contributed by atoms with van der Waals surface area (Å²) in [7, 11) is 1.81. The van der Waals surface area contributed by atoms with Crippen molar-refractivity contribution < 1.29 is 13.9 Å². The van der Waals surface area contributed by atoms with Gasteiger partial charge >= 0.3 is 0 Å². The van der Waals surface area contributed by atoms with Crippen molar-refractivity contribution in [3.8, 4) is 10.6 Å². The Hall–Kier alpha value is -3.15. The molecule has 166 valence electrons. The molecule has 2 atom stereocenters. The summed E-state index contributed by atoms with van der Waals surface area (Å²) >= 11 is 1.20. The molecule has 0 bridgehead atoms. The first-order valence-electron chi connectivity index (χ1n) is 10.3. The second kappa shape index (κ2) is 8.41. The minimum Gasteiger partial charge on any atom is -0.372 e. The van der Waals surface area contributed by atoms with Crippen LogP contribution in [0.2, 0.25) is 0 Å². The van der Waals surface area contributed by atoms with Gasteiger partial charge in [0.25, 0.3) is 5.91 Å². The van der Waals surface area contributed by atoms with Crippen LogP contribution in [0.25, 0.3) is 21.5 Å². The maximum absolute atomic E-state index is 14.6. The van der Waals surface area contributed by atoms with E-state index in [0.29, 0.717) is 33.8 Å². The van der Waals surface area contributed by atoms with E-state index < -0.39 is 11.7 Å². The molecule has 3 aromatic heterocycles. The normalized spacial score (nSPS) is 19.2. The van der Waals surface area contributed by atoms with Crippen LogP contribution in [0.3, 0.4) is 0 Å². The van der Waals surface area contributed by atoms with Crippen LogP contribution in [-0.4, -0.2) is 43.5 Å². The lowest BCUT2D eigenvalue weighted by Gasteiger charge is -2.17. The second-order valence-electron chi connectivity index (χ2n) is 7.83. The monoisotopic (exact) mass is 455 g/mol. The molecule has 0 spiro atoms. The van der Waals surface area contributed by atoms with Crippen molar-refractivity contribution >= 4 is 33.8 Å². The van der Waals surface area contributed by atoms with E-state index in [1.165, 1.54) is 17.4 Å². The van der Waals surface area contributed by atoms with Crippen LogP contribution in [0.5, 0.6) is 0 Å². The third kappa shape index (κ3) is 3.90. The summed E-state index contributed by atoms with van der Waals surface area (Å²) in [5, 5.41) is 16.6. The van der Waals surface area contributed by atoms with Gasteiger partial charge in [-0.2, -0.15) is 10.2 Å². The maximum atomic E-state index is 14.6. The number of ether oxygens (including phenoxy) is 1. The molecule has 5 rings (SSSR count). The standard InChI is InChI=1S/C21H22FN7O2S/c1-29-19(18-3-2-12(23)4-5-31-18)16(9-25-29)26-20(30)17-10-32-21(27-17)13-7-15-11(6-14(13)22)8-24-28-15/h6-10,12,18H,2-5,23H2,1H3,(H,24,28)(H,26,30)/t12-,18+/m1/s1. The molecule has 4 heterocycles. The summed E-state index contributed by atoms with van der Waals surface area (Å²) in [5.74, 6) is -0.812. The molecule has 0 unspecified atom stereocenters. The van der Waals surface area contributed by atoms with Crippen molar-refractivity contribution in [3.05, 3.63) is 47.1 Å². The third-order valence-corrected chi connectivity index (χ3v) is 6.52. The van der Waals surface area contributed by atoms with Crippen molar-refractivity contribution in [2.75, 3.05) is 11.9 Å². The first kappa shape index (κ1) is 20.7. The van der Waals surface area contributed by atoms with E-state index >= 15 is 0 Å². The Kier molecular flexibility index (Phi) is 5.45. The maximum Gasteiger partial charge on any atom is 0.275 e. The van der Waals surface area contributed by atoms with Crippen molar-refractivity contribution in [2.45, 2.75) is 31.4 Å². The number of nitrogens with two attached hydrogens (primary N) is 1. The number of carbonyl (C=O) groups excluding carboxylic acids is 1. The van der Waals surface area contributed by atoms with E-state index in [1.807, 2.05) is 7.05 Å². The van der Waals surface area contributed by atoms with Gasteiger partial charge in [-0.05, 0) is 31.4 Å². The van der Waals surface area contributed by atoms with Gasteiger partial charge in [0, 0.05) is 36.0 Å². The van der Waals surface area contributed by atoms with E-state index in [-0.39, 0.29) is 17.8 Å². The smallest absolute Gasteiger partial charge is 0.275 e. The van der Waals surface area contributed by atoms with Crippen LogP contribution >= 0.6 is 11.3 Å². The zero-order chi connectivity index (χ0) is 22.2. The summed E-state index contributed by atoms with van der Waals surface area (Å²) in [6, 6.07) is 3.16. The number of benzene rings is 1. The fourth-order valence-electron chi connectivity index (χ4n) is 3.91. The summed E-state index contributed by atoms with van der Waals surface area (Å²) < 4.78 is 22.2. The first-order chi connectivity index (χ1) is 15.5. The number of fused-ring (bicyclic) bond motifs is 1. The molecule has 32 heavy (non-hydrogen) atoms. The quantitative estimate of drug-likeness (QED) is 0.433. The number of anilines is 1. The fourth-order valence-corrected chi connectivity index (χ4v) is 4.73. The number of nitrogens with one attached hydrogen (secondary N) is 2. The number of aromatic nitrogens is 5. The number of rotatable bonds is 4.